The largest absolute Gasteiger partial charge is 0.502 e. The summed E-state index contributed by atoms with van der Waals surface area (Å²) in [6, 6.07) is 1.22. The van der Waals surface area contributed by atoms with Crippen LogP contribution in [0.4, 0.5) is 0 Å². The minimum atomic E-state index is -1.23. The third kappa shape index (κ3) is 1.81. The Morgan fingerprint density at radius 3 is 2.06 bits per heavy atom. The number of benzene rings is 1. The molecule has 0 spiro atoms. The maximum absolute atomic E-state index is 10.9. The van der Waals surface area contributed by atoms with Gasteiger partial charge in [0.2, 0.25) is 11.5 Å². The number of rotatable bonds is 4. The maximum atomic E-state index is 10.9. The third-order valence-electron chi connectivity index (χ3n) is 2.03. The fraction of sp³-hybridized carbons (Fsp3) is 0.300. The molecule has 0 radical (unpaired) electrons. The molecule has 88 valence electrons. The molecule has 0 aliphatic carbocycles. The van der Waals surface area contributed by atoms with E-state index >= 15 is 0 Å². The summed E-state index contributed by atoms with van der Waals surface area (Å²) in [5.74, 6) is -1.64. The lowest BCUT2D eigenvalue weighted by molar-refractivity contribution is 0.0692. The van der Waals surface area contributed by atoms with Crippen molar-refractivity contribution < 1.29 is 29.2 Å². The zero-order chi connectivity index (χ0) is 12.3. The number of phenols is 1. The molecule has 6 nitrogen and oxygen atoms in total. The van der Waals surface area contributed by atoms with E-state index in [1.165, 1.54) is 27.4 Å². The molecule has 0 saturated carbocycles. The first-order chi connectivity index (χ1) is 7.56. The van der Waals surface area contributed by atoms with Gasteiger partial charge in [-0.05, 0) is 0 Å². The standard InChI is InChI=1S/C10H12O6/c1-14-6-4-5(10(12)13)8(15-2)7(11)9(6)16-3/h4,11H,1-3H3,(H,12,13). The number of methoxy groups -OCH3 is 3. The molecule has 0 fully saturated rings. The Hall–Kier alpha value is -2.11. The van der Waals surface area contributed by atoms with Crippen molar-refractivity contribution in [3.05, 3.63) is 11.6 Å². The third-order valence-corrected chi connectivity index (χ3v) is 2.03. The second-order valence-corrected chi connectivity index (χ2v) is 2.85. The first-order valence-corrected chi connectivity index (χ1v) is 4.32. The molecule has 0 saturated heterocycles. The van der Waals surface area contributed by atoms with Crippen LogP contribution in [0.5, 0.6) is 23.0 Å². The van der Waals surface area contributed by atoms with Gasteiger partial charge in [-0.25, -0.2) is 4.79 Å². The molecule has 0 atom stereocenters. The van der Waals surface area contributed by atoms with E-state index in [1.54, 1.807) is 0 Å². The zero-order valence-electron chi connectivity index (χ0n) is 9.10. The molecule has 1 rings (SSSR count). The summed E-state index contributed by atoms with van der Waals surface area (Å²) in [6.45, 7) is 0. The summed E-state index contributed by atoms with van der Waals surface area (Å²) in [4.78, 5) is 10.9. The van der Waals surface area contributed by atoms with Gasteiger partial charge in [0.05, 0.1) is 21.3 Å². The average Bonchev–Trinajstić information content (AvgIpc) is 2.27. The van der Waals surface area contributed by atoms with Crippen molar-refractivity contribution in [2.24, 2.45) is 0 Å². The van der Waals surface area contributed by atoms with Crippen LogP contribution < -0.4 is 14.2 Å². The van der Waals surface area contributed by atoms with Crippen LogP contribution in [0.1, 0.15) is 10.4 Å². The molecule has 0 aromatic heterocycles. The number of aromatic hydroxyl groups is 1. The predicted molar refractivity (Wildman–Crippen MR) is 54.7 cm³/mol. The number of aromatic carboxylic acids is 1. The molecule has 1 aromatic rings. The van der Waals surface area contributed by atoms with Gasteiger partial charge in [-0.15, -0.1) is 0 Å². The molecule has 1 aromatic carbocycles. The molecule has 0 aliphatic rings. The molecular formula is C10H12O6. The highest BCUT2D eigenvalue weighted by Gasteiger charge is 2.23. The van der Waals surface area contributed by atoms with E-state index in [2.05, 4.69) is 0 Å². The lowest BCUT2D eigenvalue weighted by atomic mass is 10.1. The molecule has 16 heavy (non-hydrogen) atoms. The molecule has 0 amide bonds. The number of carboxylic acid groups (broad SMARTS) is 1. The van der Waals surface area contributed by atoms with Crippen molar-refractivity contribution in [2.75, 3.05) is 21.3 Å². The van der Waals surface area contributed by atoms with Crippen LogP contribution in [0, 0.1) is 0 Å². The summed E-state index contributed by atoms with van der Waals surface area (Å²) >= 11 is 0. The number of hydrogen-bond acceptors (Lipinski definition) is 5. The molecule has 6 heteroatoms. The van der Waals surface area contributed by atoms with Gasteiger partial charge in [0.15, 0.2) is 11.5 Å². The Labute approximate surface area is 92.0 Å². The van der Waals surface area contributed by atoms with Crippen molar-refractivity contribution in [1.29, 1.82) is 0 Å². The lowest BCUT2D eigenvalue weighted by Gasteiger charge is -2.14. The van der Waals surface area contributed by atoms with Crippen LogP contribution in [0.3, 0.4) is 0 Å². The summed E-state index contributed by atoms with van der Waals surface area (Å²) in [6.07, 6.45) is 0. The van der Waals surface area contributed by atoms with Gasteiger partial charge in [-0.1, -0.05) is 0 Å². The first-order valence-electron chi connectivity index (χ1n) is 4.32. The Balaban J connectivity index is 3.54. The van der Waals surface area contributed by atoms with Gasteiger partial charge >= 0.3 is 5.97 Å². The molecule has 0 bridgehead atoms. The van der Waals surface area contributed by atoms with E-state index < -0.39 is 11.7 Å². The number of carboxylic acids is 1. The number of hydrogen-bond donors (Lipinski definition) is 2. The van der Waals surface area contributed by atoms with Crippen LogP contribution >= 0.6 is 0 Å². The normalized spacial score (nSPS) is 9.69. The van der Waals surface area contributed by atoms with Crippen LogP contribution in [0.2, 0.25) is 0 Å². The predicted octanol–water partition coefficient (Wildman–Crippen LogP) is 1.12. The van der Waals surface area contributed by atoms with Crippen LogP contribution in [0.25, 0.3) is 0 Å². The van der Waals surface area contributed by atoms with Crippen molar-refractivity contribution >= 4 is 5.97 Å². The fourth-order valence-corrected chi connectivity index (χ4v) is 1.32. The Morgan fingerprint density at radius 1 is 1.12 bits per heavy atom. The van der Waals surface area contributed by atoms with E-state index in [1.807, 2.05) is 0 Å². The molecule has 0 unspecified atom stereocenters. The van der Waals surface area contributed by atoms with Gasteiger partial charge in [-0.2, -0.15) is 0 Å². The summed E-state index contributed by atoms with van der Waals surface area (Å²) in [5.41, 5.74) is -0.197. The Morgan fingerprint density at radius 2 is 1.69 bits per heavy atom. The highest BCUT2D eigenvalue weighted by atomic mass is 16.5. The summed E-state index contributed by atoms with van der Waals surface area (Å²) in [5, 5.41) is 18.7. The maximum Gasteiger partial charge on any atom is 0.339 e. The topological polar surface area (TPSA) is 85.2 Å². The highest BCUT2D eigenvalue weighted by molar-refractivity contribution is 5.93. The lowest BCUT2D eigenvalue weighted by Crippen LogP contribution is -2.03. The zero-order valence-corrected chi connectivity index (χ0v) is 9.10. The van der Waals surface area contributed by atoms with Crippen molar-refractivity contribution in [3.8, 4) is 23.0 Å². The second-order valence-electron chi connectivity index (χ2n) is 2.85. The van der Waals surface area contributed by atoms with Crippen molar-refractivity contribution in [2.45, 2.75) is 0 Å². The van der Waals surface area contributed by atoms with E-state index in [0.29, 0.717) is 0 Å². The second kappa shape index (κ2) is 4.61. The summed E-state index contributed by atoms with van der Waals surface area (Å²) < 4.78 is 14.6. The molecule has 0 aliphatic heterocycles. The van der Waals surface area contributed by atoms with Gasteiger partial charge in [0, 0.05) is 6.07 Å². The average molecular weight is 228 g/mol. The van der Waals surface area contributed by atoms with E-state index in [-0.39, 0.29) is 22.8 Å². The number of phenolic OH excluding ortho intramolecular Hbond substituents is 1. The van der Waals surface area contributed by atoms with Gasteiger partial charge in [0.1, 0.15) is 5.56 Å². The van der Waals surface area contributed by atoms with Gasteiger partial charge in [-0.3, -0.25) is 0 Å². The van der Waals surface area contributed by atoms with Crippen LogP contribution in [-0.4, -0.2) is 37.5 Å². The minimum absolute atomic E-state index is 0.0318. The SMILES string of the molecule is COc1cc(C(=O)O)c(OC)c(O)c1OC. The highest BCUT2D eigenvalue weighted by Crippen LogP contribution is 2.45. The Bertz CT molecular complexity index is 412. The van der Waals surface area contributed by atoms with E-state index in [9.17, 15) is 9.90 Å². The number of ether oxygens (including phenoxy) is 3. The Kier molecular flexibility index (Phi) is 3.44. The first kappa shape index (κ1) is 12.0. The summed E-state index contributed by atoms with van der Waals surface area (Å²) in [7, 11) is 3.93. The fourth-order valence-electron chi connectivity index (χ4n) is 1.32. The van der Waals surface area contributed by atoms with Crippen LogP contribution in [-0.2, 0) is 0 Å². The number of carbonyl (C=O) groups is 1. The molecule has 2 N–H and O–H groups in total. The van der Waals surface area contributed by atoms with Crippen molar-refractivity contribution in [1.82, 2.24) is 0 Å². The van der Waals surface area contributed by atoms with Crippen molar-refractivity contribution in [3.63, 3.8) is 0 Å². The minimum Gasteiger partial charge on any atom is -0.502 e. The monoisotopic (exact) mass is 228 g/mol. The van der Waals surface area contributed by atoms with Gasteiger partial charge in [0.25, 0.3) is 0 Å². The van der Waals surface area contributed by atoms with Crippen LogP contribution in [0.15, 0.2) is 6.07 Å². The quantitative estimate of drug-likeness (QED) is 0.803. The molecule has 0 heterocycles. The van der Waals surface area contributed by atoms with E-state index in [4.69, 9.17) is 19.3 Å². The van der Waals surface area contributed by atoms with Gasteiger partial charge < -0.3 is 24.4 Å². The smallest absolute Gasteiger partial charge is 0.339 e. The van der Waals surface area contributed by atoms with E-state index in [0.717, 1.165) is 0 Å². The molecular weight excluding hydrogens is 216 g/mol.